The van der Waals surface area contributed by atoms with Gasteiger partial charge in [0.2, 0.25) is 0 Å². The van der Waals surface area contributed by atoms with E-state index in [9.17, 15) is 9.90 Å². The molecule has 6 nitrogen and oxygen atoms in total. The Labute approximate surface area is 181 Å². The van der Waals surface area contributed by atoms with E-state index >= 15 is 0 Å². The standard InChI is InChI=1S/C23H18N2O4.C2H6/c1-28-23(27)21-22(29-14-15-6-3-2-4-7-15)18-10-11-19(25-20(18)13-24-21)16-8-5-9-17(26)12-16;1-2/h2-13,26H,14H2,1H3;1-2H3. The second kappa shape index (κ2) is 10.2. The molecule has 0 saturated carbocycles. The fraction of sp³-hybridized carbons (Fsp3) is 0.160. The maximum Gasteiger partial charge on any atom is 0.360 e. The van der Waals surface area contributed by atoms with Crippen molar-refractivity contribution in [1.82, 2.24) is 9.97 Å². The van der Waals surface area contributed by atoms with Crippen molar-refractivity contribution in [3.8, 4) is 22.8 Å². The van der Waals surface area contributed by atoms with E-state index in [-0.39, 0.29) is 18.1 Å². The van der Waals surface area contributed by atoms with Crippen LogP contribution in [0.5, 0.6) is 11.5 Å². The molecule has 0 bridgehead atoms. The van der Waals surface area contributed by atoms with Crippen LogP contribution in [0.2, 0.25) is 0 Å². The normalized spacial score (nSPS) is 10.2. The third-order valence-electron chi connectivity index (χ3n) is 4.45. The van der Waals surface area contributed by atoms with Crippen molar-refractivity contribution in [2.75, 3.05) is 7.11 Å². The van der Waals surface area contributed by atoms with E-state index in [2.05, 4.69) is 9.97 Å². The second-order valence-electron chi connectivity index (χ2n) is 6.38. The third kappa shape index (κ3) is 4.98. The Balaban J connectivity index is 0.00000132. The van der Waals surface area contributed by atoms with Gasteiger partial charge in [-0.05, 0) is 29.8 Å². The predicted molar refractivity (Wildman–Crippen MR) is 120 cm³/mol. The molecule has 0 saturated heterocycles. The van der Waals surface area contributed by atoms with Crippen LogP contribution in [0.15, 0.2) is 72.9 Å². The van der Waals surface area contributed by atoms with Gasteiger partial charge >= 0.3 is 5.97 Å². The van der Waals surface area contributed by atoms with Gasteiger partial charge in [0.05, 0.1) is 24.5 Å². The Bertz CT molecular complexity index is 1180. The van der Waals surface area contributed by atoms with E-state index in [1.54, 1.807) is 18.2 Å². The average molecular weight is 416 g/mol. The molecule has 0 spiro atoms. The van der Waals surface area contributed by atoms with E-state index in [0.717, 1.165) is 11.1 Å². The number of pyridine rings is 2. The highest BCUT2D eigenvalue weighted by Crippen LogP contribution is 2.31. The second-order valence-corrected chi connectivity index (χ2v) is 6.38. The molecule has 4 aromatic rings. The number of hydrogen-bond donors (Lipinski definition) is 1. The van der Waals surface area contributed by atoms with E-state index in [0.29, 0.717) is 22.3 Å². The molecule has 158 valence electrons. The molecule has 0 amide bonds. The van der Waals surface area contributed by atoms with E-state index in [1.165, 1.54) is 13.3 Å². The zero-order chi connectivity index (χ0) is 22.2. The minimum atomic E-state index is -0.577. The minimum Gasteiger partial charge on any atom is -0.508 e. The van der Waals surface area contributed by atoms with Gasteiger partial charge in [-0.3, -0.25) is 0 Å². The van der Waals surface area contributed by atoms with Gasteiger partial charge in [0, 0.05) is 10.9 Å². The first-order chi connectivity index (χ1) is 15.2. The molecule has 6 heteroatoms. The van der Waals surface area contributed by atoms with Gasteiger partial charge in [-0.2, -0.15) is 0 Å². The highest BCUT2D eigenvalue weighted by molar-refractivity contribution is 5.98. The zero-order valence-electron chi connectivity index (χ0n) is 17.7. The SMILES string of the molecule is CC.COC(=O)c1ncc2nc(-c3cccc(O)c3)ccc2c1OCc1ccccc1. The molecule has 0 aliphatic carbocycles. The lowest BCUT2D eigenvalue weighted by Crippen LogP contribution is -2.09. The number of rotatable bonds is 5. The van der Waals surface area contributed by atoms with Gasteiger partial charge in [0.25, 0.3) is 0 Å². The summed E-state index contributed by atoms with van der Waals surface area (Å²) in [6, 6.07) is 20.1. The molecule has 4 rings (SSSR count). The van der Waals surface area contributed by atoms with Gasteiger partial charge < -0.3 is 14.6 Å². The zero-order valence-corrected chi connectivity index (χ0v) is 17.7. The minimum absolute atomic E-state index is 0.0998. The topological polar surface area (TPSA) is 81.5 Å². The first-order valence-corrected chi connectivity index (χ1v) is 10.00. The van der Waals surface area contributed by atoms with E-state index in [4.69, 9.17) is 9.47 Å². The number of carbonyl (C=O) groups is 1. The molecule has 0 atom stereocenters. The van der Waals surface area contributed by atoms with Crippen molar-refractivity contribution in [2.45, 2.75) is 20.5 Å². The molecule has 0 aliphatic rings. The van der Waals surface area contributed by atoms with E-state index < -0.39 is 5.97 Å². The molecule has 0 fully saturated rings. The molecule has 31 heavy (non-hydrogen) atoms. The maximum atomic E-state index is 12.2. The molecule has 1 N–H and O–H groups in total. The van der Waals surface area contributed by atoms with Gasteiger partial charge in [-0.1, -0.05) is 56.3 Å². The summed E-state index contributed by atoms with van der Waals surface area (Å²) in [4.78, 5) is 21.1. The Morgan fingerprint density at radius 1 is 1.00 bits per heavy atom. The van der Waals surface area contributed by atoms with Crippen molar-refractivity contribution in [3.05, 3.63) is 84.2 Å². The van der Waals surface area contributed by atoms with Crippen LogP contribution < -0.4 is 4.74 Å². The monoisotopic (exact) mass is 416 g/mol. The molecule has 0 radical (unpaired) electrons. The van der Waals surface area contributed by atoms with Gasteiger partial charge in [0.15, 0.2) is 11.4 Å². The van der Waals surface area contributed by atoms with Gasteiger partial charge in [-0.15, -0.1) is 0 Å². The number of fused-ring (bicyclic) bond motifs is 1. The number of benzene rings is 2. The number of phenolic OH excluding ortho intramolecular Hbond substituents is 1. The summed E-state index contributed by atoms with van der Waals surface area (Å²) in [5, 5.41) is 10.4. The molecule has 2 aromatic heterocycles. The van der Waals surface area contributed by atoms with E-state index in [1.807, 2.05) is 62.4 Å². The van der Waals surface area contributed by atoms with Crippen molar-refractivity contribution in [2.24, 2.45) is 0 Å². The summed E-state index contributed by atoms with van der Waals surface area (Å²) in [5.74, 6) is -0.0874. The van der Waals surface area contributed by atoms with Crippen molar-refractivity contribution < 1.29 is 19.4 Å². The number of methoxy groups -OCH3 is 1. The van der Waals surface area contributed by atoms with Crippen LogP contribution in [0.4, 0.5) is 0 Å². The number of aromatic hydroxyl groups is 1. The summed E-state index contributed by atoms with van der Waals surface area (Å²) in [7, 11) is 1.30. The van der Waals surface area contributed by atoms with Crippen LogP contribution in [0.3, 0.4) is 0 Å². The molecule has 0 aliphatic heterocycles. The molecule has 2 aromatic carbocycles. The van der Waals surface area contributed by atoms with Crippen LogP contribution in [-0.2, 0) is 11.3 Å². The van der Waals surface area contributed by atoms with Crippen LogP contribution >= 0.6 is 0 Å². The summed E-state index contributed by atoms with van der Waals surface area (Å²) in [5.41, 5.74) is 3.08. The number of phenols is 1. The number of aromatic nitrogens is 2. The Hall–Kier alpha value is -3.93. The van der Waals surface area contributed by atoms with Crippen LogP contribution in [0.25, 0.3) is 22.2 Å². The molecule has 0 unspecified atom stereocenters. The summed E-state index contributed by atoms with van der Waals surface area (Å²) in [6.45, 7) is 4.28. The fourth-order valence-corrected chi connectivity index (χ4v) is 3.02. The Kier molecular flexibility index (Phi) is 7.17. The van der Waals surface area contributed by atoms with Crippen LogP contribution in [0, 0.1) is 0 Å². The quantitative estimate of drug-likeness (QED) is 0.439. The Morgan fingerprint density at radius 3 is 2.48 bits per heavy atom. The number of ether oxygens (including phenoxy) is 2. The lowest BCUT2D eigenvalue weighted by atomic mass is 10.1. The average Bonchev–Trinajstić information content (AvgIpc) is 2.83. The molecule has 2 heterocycles. The first kappa shape index (κ1) is 21.8. The Morgan fingerprint density at radius 2 is 1.77 bits per heavy atom. The van der Waals surface area contributed by atoms with Crippen molar-refractivity contribution in [3.63, 3.8) is 0 Å². The lowest BCUT2D eigenvalue weighted by molar-refractivity contribution is 0.0589. The lowest BCUT2D eigenvalue weighted by Gasteiger charge is -2.13. The highest BCUT2D eigenvalue weighted by atomic mass is 16.5. The number of esters is 1. The van der Waals surface area contributed by atoms with Gasteiger partial charge in [-0.25, -0.2) is 14.8 Å². The molecular formula is C25H24N2O4. The smallest absolute Gasteiger partial charge is 0.360 e. The number of carbonyl (C=O) groups excluding carboxylic acids is 1. The summed E-state index contributed by atoms with van der Waals surface area (Å²) >= 11 is 0. The van der Waals surface area contributed by atoms with Crippen molar-refractivity contribution >= 4 is 16.9 Å². The largest absolute Gasteiger partial charge is 0.508 e. The number of hydrogen-bond acceptors (Lipinski definition) is 6. The first-order valence-electron chi connectivity index (χ1n) is 10.00. The molecular weight excluding hydrogens is 392 g/mol. The fourth-order valence-electron chi connectivity index (χ4n) is 3.02. The highest BCUT2D eigenvalue weighted by Gasteiger charge is 2.19. The third-order valence-corrected chi connectivity index (χ3v) is 4.45. The van der Waals surface area contributed by atoms with Gasteiger partial charge in [0.1, 0.15) is 12.4 Å². The van der Waals surface area contributed by atoms with Crippen LogP contribution in [0.1, 0.15) is 29.9 Å². The predicted octanol–water partition coefficient (Wildman–Crippen LogP) is 5.39. The maximum absolute atomic E-state index is 12.2. The van der Waals surface area contributed by atoms with Crippen LogP contribution in [-0.4, -0.2) is 28.2 Å². The summed E-state index contributed by atoms with van der Waals surface area (Å²) < 4.78 is 10.8. The van der Waals surface area contributed by atoms with Crippen molar-refractivity contribution in [1.29, 1.82) is 0 Å². The summed E-state index contributed by atoms with van der Waals surface area (Å²) in [6.07, 6.45) is 1.52. The number of nitrogens with zero attached hydrogens (tertiary/aromatic N) is 2.